The van der Waals surface area contributed by atoms with Gasteiger partial charge in [-0.05, 0) is 56.5 Å². The molecule has 2 aromatic rings. The van der Waals surface area contributed by atoms with E-state index in [0.717, 1.165) is 41.9 Å². The fraction of sp³-hybridized carbons (Fsp3) is 0.500. The first-order valence-corrected chi connectivity index (χ1v) is 10.2. The maximum atomic E-state index is 12.5. The van der Waals surface area contributed by atoms with Gasteiger partial charge in [-0.25, -0.2) is 4.79 Å². The fourth-order valence-electron chi connectivity index (χ4n) is 3.13. The maximum absolute atomic E-state index is 12.5. The molecule has 1 aliphatic rings. The minimum atomic E-state index is -0.262. The van der Waals surface area contributed by atoms with Crippen molar-refractivity contribution in [2.45, 2.75) is 45.6 Å². The Morgan fingerprint density at radius 1 is 1.38 bits per heavy atom. The van der Waals surface area contributed by atoms with E-state index in [9.17, 15) is 4.79 Å². The molecule has 0 fully saturated rings. The molecule has 0 atom stereocenters. The molecule has 2 N–H and O–H groups in total. The number of nitrogens with one attached hydrogen (secondary N) is 2. The normalized spacial score (nSPS) is 13.6. The van der Waals surface area contributed by atoms with Gasteiger partial charge >= 0.3 is 5.97 Å². The van der Waals surface area contributed by atoms with Crippen molar-refractivity contribution in [3.8, 4) is 0 Å². The van der Waals surface area contributed by atoms with Crippen molar-refractivity contribution >= 4 is 39.6 Å². The second kappa shape index (κ2) is 8.64. The van der Waals surface area contributed by atoms with E-state index in [0.29, 0.717) is 23.8 Å². The Balaban J connectivity index is 1.75. The lowest BCUT2D eigenvalue weighted by atomic mass is 10.1. The van der Waals surface area contributed by atoms with Gasteiger partial charge in [-0.2, -0.15) is 5.10 Å². The van der Waals surface area contributed by atoms with E-state index >= 15 is 0 Å². The summed E-state index contributed by atoms with van der Waals surface area (Å²) in [5.41, 5.74) is 2.71. The molecule has 0 amide bonds. The number of aryl methyl sites for hydroxylation is 2. The Morgan fingerprint density at radius 2 is 2.19 bits per heavy atom. The molecule has 140 valence electrons. The molecule has 2 aromatic heterocycles. The molecular formula is C18H24N4O2S2. The Hall–Kier alpha value is -1.93. The van der Waals surface area contributed by atoms with Crippen molar-refractivity contribution in [3.05, 3.63) is 34.0 Å². The third-order valence-corrected chi connectivity index (χ3v) is 5.78. The summed E-state index contributed by atoms with van der Waals surface area (Å²) in [6.07, 6.45) is 7.31. The van der Waals surface area contributed by atoms with Crippen molar-refractivity contribution in [2.24, 2.45) is 7.05 Å². The number of aromatic nitrogens is 2. The molecule has 8 heteroatoms. The zero-order valence-corrected chi connectivity index (χ0v) is 16.8. The van der Waals surface area contributed by atoms with E-state index in [4.69, 9.17) is 17.0 Å². The smallest absolute Gasteiger partial charge is 0.341 e. The predicted octanol–water partition coefficient (Wildman–Crippen LogP) is 3.41. The highest BCUT2D eigenvalue weighted by Gasteiger charge is 2.26. The van der Waals surface area contributed by atoms with Gasteiger partial charge in [0, 0.05) is 18.1 Å². The lowest BCUT2D eigenvalue weighted by Crippen LogP contribution is -2.28. The van der Waals surface area contributed by atoms with Crippen molar-refractivity contribution in [2.75, 3.05) is 11.9 Å². The number of fused-ring (bicyclic) bond motifs is 1. The van der Waals surface area contributed by atoms with Crippen LogP contribution in [-0.4, -0.2) is 27.5 Å². The summed E-state index contributed by atoms with van der Waals surface area (Å²) >= 11 is 7.04. The number of thiophene rings is 1. The number of rotatable bonds is 5. The summed E-state index contributed by atoms with van der Waals surface area (Å²) in [7, 11) is 1.88. The van der Waals surface area contributed by atoms with Gasteiger partial charge < -0.3 is 15.4 Å². The number of hydrogen-bond acceptors (Lipinski definition) is 5. The van der Waals surface area contributed by atoms with Crippen LogP contribution in [0, 0.1) is 0 Å². The molecule has 0 aliphatic heterocycles. The van der Waals surface area contributed by atoms with Gasteiger partial charge in [0.05, 0.1) is 24.4 Å². The lowest BCUT2D eigenvalue weighted by molar-refractivity contribution is 0.0527. The average Bonchev–Trinajstić information content (AvgIpc) is 3.09. The van der Waals surface area contributed by atoms with Crippen LogP contribution in [0.4, 0.5) is 5.00 Å². The first kappa shape index (κ1) is 18.8. The highest BCUT2D eigenvalue weighted by atomic mass is 32.1. The topological polar surface area (TPSA) is 68.2 Å². The Labute approximate surface area is 162 Å². The average molecular weight is 393 g/mol. The van der Waals surface area contributed by atoms with Gasteiger partial charge in [0.2, 0.25) is 0 Å². The second-order valence-electron chi connectivity index (χ2n) is 6.28. The van der Waals surface area contributed by atoms with Crippen LogP contribution in [0.25, 0.3) is 0 Å². The Kier molecular flexibility index (Phi) is 6.26. The summed E-state index contributed by atoms with van der Waals surface area (Å²) in [6, 6.07) is 1.94. The van der Waals surface area contributed by atoms with Gasteiger partial charge in [0.1, 0.15) is 5.00 Å². The quantitative estimate of drug-likeness (QED) is 0.462. The second-order valence-corrected chi connectivity index (χ2v) is 7.79. The van der Waals surface area contributed by atoms with Crippen LogP contribution in [0.3, 0.4) is 0 Å². The fourth-order valence-corrected chi connectivity index (χ4v) is 4.65. The standard InChI is InChI=1S/C18H24N4O2S2/c1-3-24-17(23)15-13-7-5-4-6-8-14(13)26-16(15)20-18(25)19-11-12-9-10-22(2)21-12/h9-10H,3-8,11H2,1-2H3,(H2,19,20,25). The molecule has 0 radical (unpaired) electrons. The summed E-state index contributed by atoms with van der Waals surface area (Å²) in [5.74, 6) is -0.262. The maximum Gasteiger partial charge on any atom is 0.341 e. The molecule has 0 spiro atoms. The van der Waals surface area contributed by atoms with Crippen LogP contribution in [0.15, 0.2) is 12.3 Å². The molecule has 2 heterocycles. The number of anilines is 1. The van der Waals surface area contributed by atoms with Gasteiger partial charge in [-0.15, -0.1) is 11.3 Å². The molecule has 0 saturated heterocycles. The van der Waals surface area contributed by atoms with Crippen LogP contribution in [0.1, 0.15) is 52.7 Å². The van der Waals surface area contributed by atoms with Gasteiger partial charge in [0.25, 0.3) is 0 Å². The van der Waals surface area contributed by atoms with Gasteiger partial charge in [-0.3, -0.25) is 4.68 Å². The van der Waals surface area contributed by atoms with Crippen molar-refractivity contribution in [1.29, 1.82) is 0 Å². The number of esters is 1. The molecule has 0 saturated carbocycles. The van der Waals surface area contributed by atoms with Crippen LogP contribution in [-0.2, 0) is 31.2 Å². The zero-order chi connectivity index (χ0) is 18.5. The molecule has 26 heavy (non-hydrogen) atoms. The van der Waals surface area contributed by atoms with E-state index in [1.54, 1.807) is 16.0 Å². The predicted molar refractivity (Wildman–Crippen MR) is 108 cm³/mol. The third kappa shape index (κ3) is 4.42. The molecular weight excluding hydrogens is 368 g/mol. The summed E-state index contributed by atoms with van der Waals surface area (Å²) in [6.45, 7) is 2.73. The van der Waals surface area contributed by atoms with Crippen molar-refractivity contribution in [3.63, 3.8) is 0 Å². The van der Waals surface area contributed by atoms with Crippen LogP contribution in [0.5, 0.6) is 0 Å². The Bertz CT molecular complexity index is 797. The van der Waals surface area contributed by atoms with Crippen molar-refractivity contribution < 1.29 is 9.53 Å². The zero-order valence-electron chi connectivity index (χ0n) is 15.1. The highest BCUT2D eigenvalue weighted by molar-refractivity contribution is 7.80. The molecule has 6 nitrogen and oxygen atoms in total. The number of carbonyl (C=O) groups is 1. The summed E-state index contributed by atoms with van der Waals surface area (Å²) in [5, 5.41) is 11.9. The minimum Gasteiger partial charge on any atom is -0.462 e. The van der Waals surface area contributed by atoms with Gasteiger partial charge in [-0.1, -0.05) is 6.42 Å². The number of carbonyl (C=O) groups excluding carboxylic acids is 1. The highest BCUT2D eigenvalue weighted by Crippen LogP contribution is 2.38. The number of thiocarbonyl (C=S) groups is 1. The number of ether oxygens (including phenoxy) is 1. The molecule has 1 aliphatic carbocycles. The molecule has 3 rings (SSSR count). The van der Waals surface area contributed by atoms with E-state index in [1.807, 2.05) is 26.2 Å². The third-order valence-electron chi connectivity index (χ3n) is 4.33. The molecule has 0 bridgehead atoms. The van der Waals surface area contributed by atoms with E-state index < -0.39 is 0 Å². The summed E-state index contributed by atoms with van der Waals surface area (Å²) in [4.78, 5) is 13.8. The molecule has 0 unspecified atom stereocenters. The lowest BCUT2D eigenvalue weighted by Gasteiger charge is -2.11. The Morgan fingerprint density at radius 3 is 2.92 bits per heavy atom. The minimum absolute atomic E-state index is 0.262. The summed E-state index contributed by atoms with van der Waals surface area (Å²) < 4.78 is 7.05. The van der Waals surface area contributed by atoms with Crippen LogP contribution in [0.2, 0.25) is 0 Å². The van der Waals surface area contributed by atoms with Gasteiger partial charge in [0.15, 0.2) is 5.11 Å². The van der Waals surface area contributed by atoms with E-state index in [2.05, 4.69) is 15.7 Å². The largest absolute Gasteiger partial charge is 0.462 e. The van der Waals surface area contributed by atoms with Crippen LogP contribution < -0.4 is 10.6 Å². The van der Waals surface area contributed by atoms with E-state index in [1.165, 1.54) is 11.3 Å². The van der Waals surface area contributed by atoms with Crippen molar-refractivity contribution in [1.82, 2.24) is 15.1 Å². The molecule has 0 aromatic carbocycles. The van der Waals surface area contributed by atoms with Crippen LogP contribution >= 0.6 is 23.6 Å². The number of nitrogens with zero attached hydrogens (tertiary/aromatic N) is 2. The monoisotopic (exact) mass is 392 g/mol. The number of hydrogen-bond donors (Lipinski definition) is 2. The SMILES string of the molecule is CCOC(=O)c1c(NC(=S)NCc2ccn(C)n2)sc2c1CCCCC2. The van der Waals surface area contributed by atoms with E-state index in [-0.39, 0.29) is 5.97 Å². The first-order chi connectivity index (χ1) is 12.6. The first-order valence-electron chi connectivity index (χ1n) is 8.93.